The molecule has 0 fully saturated rings. The van der Waals surface area contributed by atoms with Gasteiger partial charge in [0.1, 0.15) is 0 Å². The molecule has 0 unspecified atom stereocenters. The van der Waals surface area contributed by atoms with Crippen molar-refractivity contribution >= 4 is 16.4 Å². The molecule has 0 spiro atoms. The summed E-state index contributed by atoms with van der Waals surface area (Å²) in [5, 5.41) is 20.8. The van der Waals surface area contributed by atoms with Crippen molar-refractivity contribution in [3.63, 3.8) is 0 Å². The molecule has 0 saturated carbocycles. The van der Waals surface area contributed by atoms with Crippen LogP contribution in [0, 0.1) is 5.92 Å². The molecule has 0 bridgehead atoms. The zero-order valence-electron chi connectivity index (χ0n) is 14.3. The van der Waals surface area contributed by atoms with Crippen molar-refractivity contribution in [2.24, 2.45) is 5.92 Å². The van der Waals surface area contributed by atoms with Crippen molar-refractivity contribution in [3.05, 3.63) is 84.4 Å². The highest BCUT2D eigenvalue weighted by Gasteiger charge is 2.15. The summed E-state index contributed by atoms with van der Waals surface area (Å²) in [5.74, 6) is 0.508. The number of ether oxygens (including phenoxy) is 1. The Morgan fingerprint density at radius 1 is 1.04 bits per heavy atom. The van der Waals surface area contributed by atoms with E-state index >= 15 is 0 Å². The summed E-state index contributed by atoms with van der Waals surface area (Å²) in [6.07, 6.45) is 1.64. The summed E-state index contributed by atoms with van der Waals surface area (Å²) >= 11 is 0.811. The van der Waals surface area contributed by atoms with Crippen LogP contribution in [0.1, 0.15) is 11.1 Å². The van der Waals surface area contributed by atoms with Gasteiger partial charge in [0.05, 0.1) is 24.4 Å². The maximum atomic E-state index is 10.3. The minimum absolute atomic E-state index is 0.115. The van der Waals surface area contributed by atoms with Crippen LogP contribution in [0.15, 0.2) is 73.3 Å². The van der Waals surface area contributed by atoms with E-state index in [0.717, 1.165) is 22.5 Å². The molecular formula is C21H26O3S. The summed E-state index contributed by atoms with van der Waals surface area (Å²) in [7, 11) is 0. The molecule has 0 aliphatic rings. The molecule has 2 atom stereocenters. The van der Waals surface area contributed by atoms with Gasteiger partial charge in [0.2, 0.25) is 0 Å². The maximum Gasteiger partial charge on any atom is 0.0843 e. The number of hydrogen-bond acceptors (Lipinski definition) is 2. The zero-order valence-corrected chi connectivity index (χ0v) is 15.2. The van der Waals surface area contributed by atoms with Crippen LogP contribution >= 0.6 is 11.4 Å². The highest BCUT2D eigenvalue weighted by molar-refractivity contribution is 7.98. The quantitative estimate of drug-likeness (QED) is 0.344. The first-order valence-corrected chi connectivity index (χ1v) is 9.45. The Kier molecular flexibility index (Phi) is 8.63. The Balaban J connectivity index is 1.77. The van der Waals surface area contributed by atoms with E-state index < -0.39 is 6.10 Å². The first kappa shape index (κ1) is 19.6. The van der Waals surface area contributed by atoms with Crippen LogP contribution in [-0.2, 0) is 17.8 Å². The van der Waals surface area contributed by atoms with E-state index in [0.29, 0.717) is 23.8 Å². The summed E-state index contributed by atoms with van der Waals surface area (Å²) < 4.78 is 5.60. The highest BCUT2D eigenvalue weighted by atomic mass is 32.1. The Labute approximate surface area is 153 Å². The van der Waals surface area contributed by atoms with Crippen LogP contribution in [0.4, 0.5) is 0 Å². The van der Waals surface area contributed by atoms with Gasteiger partial charge in [0.25, 0.3) is 0 Å². The predicted molar refractivity (Wildman–Crippen MR) is 107 cm³/mol. The fourth-order valence-corrected chi connectivity index (χ4v) is 3.50. The molecule has 0 heterocycles. The van der Waals surface area contributed by atoms with Gasteiger partial charge < -0.3 is 14.9 Å². The van der Waals surface area contributed by atoms with Crippen LogP contribution in [0.2, 0.25) is 0 Å². The lowest BCUT2D eigenvalue weighted by Crippen LogP contribution is -2.26. The lowest BCUT2D eigenvalue weighted by molar-refractivity contribution is 0.0127. The van der Waals surface area contributed by atoms with Crippen LogP contribution in [0.25, 0.3) is 0 Å². The van der Waals surface area contributed by atoms with Crippen molar-refractivity contribution in [2.45, 2.75) is 19.1 Å². The normalized spacial score (nSPS) is 14.4. The van der Waals surface area contributed by atoms with Crippen LogP contribution in [0.3, 0.4) is 0 Å². The van der Waals surface area contributed by atoms with Gasteiger partial charge in [-0.15, -0.1) is 6.58 Å². The monoisotopic (exact) mass is 358 g/mol. The molecule has 0 saturated heterocycles. The highest BCUT2D eigenvalue weighted by Crippen LogP contribution is 2.13. The molecule has 4 heteroatoms. The minimum atomic E-state index is -0.627. The van der Waals surface area contributed by atoms with E-state index in [-0.39, 0.29) is 12.5 Å². The molecule has 2 aromatic rings. The lowest BCUT2D eigenvalue weighted by atomic mass is 10.1. The Morgan fingerprint density at radius 3 is 2.24 bits per heavy atom. The van der Waals surface area contributed by atoms with E-state index in [2.05, 4.69) is 6.58 Å². The first-order valence-electron chi connectivity index (χ1n) is 8.37. The second kappa shape index (κ2) is 11.0. The molecule has 0 radical (unpaired) electrons. The average Bonchev–Trinajstić information content (AvgIpc) is 2.64. The van der Waals surface area contributed by atoms with Crippen molar-refractivity contribution in [3.8, 4) is 0 Å². The van der Waals surface area contributed by atoms with Crippen molar-refractivity contribution in [2.75, 3.05) is 12.4 Å². The molecule has 0 aliphatic heterocycles. The SMILES string of the molecule is C=C[C@@H](C[SH]=C(O)Cc1ccccc1)[C@@H](O)COCc1ccccc1. The summed E-state index contributed by atoms with van der Waals surface area (Å²) in [4.78, 5) is 0. The van der Waals surface area contributed by atoms with Crippen LogP contribution in [0.5, 0.6) is 0 Å². The molecule has 2 N–H and O–H groups in total. The maximum absolute atomic E-state index is 10.3. The van der Waals surface area contributed by atoms with Gasteiger partial charge in [0.15, 0.2) is 0 Å². The van der Waals surface area contributed by atoms with Gasteiger partial charge in [-0.3, -0.25) is 0 Å². The van der Waals surface area contributed by atoms with Gasteiger partial charge >= 0.3 is 0 Å². The Morgan fingerprint density at radius 2 is 1.64 bits per heavy atom. The molecule has 0 amide bonds. The second-order valence-electron chi connectivity index (χ2n) is 5.89. The first-order chi connectivity index (χ1) is 12.2. The number of hydrogen-bond donors (Lipinski definition) is 3. The molecule has 0 aromatic heterocycles. The lowest BCUT2D eigenvalue weighted by Gasteiger charge is -2.18. The Bertz CT molecular complexity index is 655. The van der Waals surface area contributed by atoms with Gasteiger partial charge in [0, 0.05) is 12.3 Å². The molecule has 3 nitrogen and oxygen atoms in total. The van der Waals surface area contributed by atoms with Crippen LogP contribution < -0.4 is 0 Å². The minimum Gasteiger partial charge on any atom is -0.390 e. The number of aliphatic hydroxyl groups is 2. The van der Waals surface area contributed by atoms with E-state index in [1.54, 1.807) is 6.08 Å². The standard InChI is InChI=1S/C21H26O3S/c1-2-19(16-25-21(23)13-17-9-5-3-6-10-17)20(22)15-24-14-18-11-7-4-8-12-18/h2-12,19-20,22-23,25H,1,13-16H2/t19-,20-/m0/s1. The van der Waals surface area contributed by atoms with Gasteiger partial charge in [-0.25, -0.2) is 0 Å². The number of thiol groups is 1. The topological polar surface area (TPSA) is 49.7 Å². The molecule has 2 rings (SSSR count). The third-order valence-electron chi connectivity index (χ3n) is 3.89. The molecule has 0 aliphatic carbocycles. The summed E-state index contributed by atoms with van der Waals surface area (Å²) in [6.45, 7) is 4.53. The fourth-order valence-electron chi connectivity index (χ4n) is 2.39. The number of benzene rings is 2. The third kappa shape index (κ3) is 7.36. The van der Waals surface area contributed by atoms with Crippen molar-refractivity contribution in [1.29, 1.82) is 0 Å². The fraction of sp³-hybridized carbons (Fsp3) is 0.286. The van der Waals surface area contributed by atoms with E-state index in [1.807, 2.05) is 60.7 Å². The average molecular weight is 359 g/mol. The summed E-state index contributed by atoms with van der Waals surface area (Å²) in [6, 6.07) is 19.7. The predicted octanol–water partition coefficient (Wildman–Crippen LogP) is 3.76. The smallest absolute Gasteiger partial charge is 0.0843 e. The number of aliphatic hydroxyl groups excluding tert-OH is 2. The second-order valence-corrected chi connectivity index (χ2v) is 7.08. The largest absolute Gasteiger partial charge is 0.390 e. The van der Waals surface area contributed by atoms with Gasteiger partial charge in [-0.1, -0.05) is 66.7 Å². The molecule has 2 aromatic carbocycles. The Hall–Kier alpha value is -1.72. The third-order valence-corrected chi connectivity index (χ3v) is 5.01. The van der Waals surface area contributed by atoms with Crippen LogP contribution in [-0.4, -0.2) is 33.7 Å². The van der Waals surface area contributed by atoms with E-state index in [1.165, 1.54) is 0 Å². The molecule has 134 valence electrons. The zero-order chi connectivity index (χ0) is 17.9. The van der Waals surface area contributed by atoms with Gasteiger partial charge in [-0.2, -0.15) is 11.4 Å². The molecular weight excluding hydrogens is 332 g/mol. The van der Waals surface area contributed by atoms with Crippen molar-refractivity contribution in [1.82, 2.24) is 0 Å². The summed E-state index contributed by atoms with van der Waals surface area (Å²) in [5.41, 5.74) is 2.16. The van der Waals surface area contributed by atoms with Crippen molar-refractivity contribution < 1.29 is 14.9 Å². The van der Waals surface area contributed by atoms with Gasteiger partial charge in [-0.05, 0) is 16.9 Å². The molecule has 25 heavy (non-hydrogen) atoms. The van der Waals surface area contributed by atoms with E-state index in [9.17, 15) is 10.2 Å². The number of rotatable bonds is 10. The van der Waals surface area contributed by atoms with E-state index in [4.69, 9.17) is 4.74 Å².